The zero-order valence-electron chi connectivity index (χ0n) is 9.38. The highest BCUT2D eigenvalue weighted by Crippen LogP contribution is 2.29. The SMILES string of the molecule is CCCCC(C)(C)c1ccc(O)cc1. The number of hydrogen-bond acceptors (Lipinski definition) is 1. The van der Waals surface area contributed by atoms with Gasteiger partial charge in [-0.05, 0) is 29.5 Å². The molecule has 0 heterocycles. The molecular formula is C13H20O. The van der Waals surface area contributed by atoms with Crippen molar-refractivity contribution in [2.45, 2.75) is 45.4 Å². The van der Waals surface area contributed by atoms with E-state index in [9.17, 15) is 5.11 Å². The van der Waals surface area contributed by atoms with Crippen molar-refractivity contribution in [3.8, 4) is 5.75 Å². The quantitative estimate of drug-likeness (QED) is 0.768. The average molecular weight is 192 g/mol. The van der Waals surface area contributed by atoms with Gasteiger partial charge in [-0.15, -0.1) is 0 Å². The second-order valence-corrected chi connectivity index (χ2v) is 4.53. The summed E-state index contributed by atoms with van der Waals surface area (Å²) in [5, 5.41) is 9.20. The molecule has 0 aromatic heterocycles. The van der Waals surface area contributed by atoms with Gasteiger partial charge in [0.25, 0.3) is 0 Å². The molecule has 0 aliphatic heterocycles. The Morgan fingerprint density at radius 3 is 2.21 bits per heavy atom. The molecule has 0 aliphatic rings. The minimum Gasteiger partial charge on any atom is -0.508 e. The zero-order chi connectivity index (χ0) is 10.6. The van der Waals surface area contributed by atoms with Crippen LogP contribution in [0.2, 0.25) is 0 Å². The summed E-state index contributed by atoms with van der Waals surface area (Å²) in [7, 11) is 0. The van der Waals surface area contributed by atoms with Gasteiger partial charge in [0.15, 0.2) is 0 Å². The van der Waals surface area contributed by atoms with Crippen LogP contribution in [0, 0.1) is 0 Å². The average Bonchev–Trinajstić information content (AvgIpc) is 2.16. The van der Waals surface area contributed by atoms with Gasteiger partial charge >= 0.3 is 0 Å². The van der Waals surface area contributed by atoms with Crippen LogP contribution in [0.5, 0.6) is 5.75 Å². The molecule has 0 amide bonds. The van der Waals surface area contributed by atoms with E-state index in [-0.39, 0.29) is 5.41 Å². The fourth-order valence-corrected chi connectivity index (χ4v) is 1.68. The van der Waals surface area contributed by atoms with Crippen molar-refractivity contribution in [3.05, 3.63) is 29.8 Å². The third-order valence-electron chi connectivity index (χ3n) is 2.80. The van der Waals surface area contributed by atoms with Crippen molar-refractivity contribution in [1.29, 1.82) is 0 Å². The van der Waals surface area contributed by atoms with E-state index in [1.807, 2.05) is 12.1 Å². The highest BCUT2D eigenvalue weighted by atomic mass is 16.3. The number of hydrogen-bond donors (Lipinski definition) is 1. The molecule has 78 valence electrons. The number of unbranched alkanes of at least 4 members (excludes halogenated alkanes) is 1. The van der Waals surface area contributed by atoms with Crippen molar-refractivity contribution in [1.82, 2.24) is 0 Å². The number of phenols is 1. The Balaban J connectivity index is 2.75. The summed E-state index contributed by atoms with van der Waals surface area (Å²) in [6, 6.07) is 7.57. The molecule has 0 radical (unpaired) electrons. The Morgan fingerprint density at radius 2 is 1.71 bits per heavy atom. The van der Waals surface area contributed by atoms with Gasteiger partial charge < -0.3 is 5.11 Å². The summed E-state index contributed by atoms with van der Waals surface area (Å²) >= 11 is 0. The van der Waals surface area contributed by atoms with Crippen LogP contribution < -0.4 is 0 Å². The molecule has 0 aliphatic carbocycles. The molecule has 0 saturated heterocycles. The van der Waals surface area contributed by atoms with E-state index in [0.29, 0.717) is 5.75 Å². The van der Waals surface area contributed by atoms with Crippen LogP contribution in [-0.4, -0.2) is 5.11 Å². The molecule has 0 bridgehead atoms. The number of aromatic hydroxyl groups is 1. The first kappa shape index (κ1) is 11.1. The second-order valence-electron chi connectivity index (χ2n) is 4.53. The topological polar surface area (TPSA) is 20.2 Å². The minimum atomic E-state index is 0.226. The first-order chi connectivity index (χ1) is 6.56. The fraction of sp³-hybridized carbons (Fsp3) is 0.538. The van der Waals surface area contributed by atoms with Gasteiger partial charge in [0.1, 0.15) is 5.75 Å². The standard InChI is InChI=1S/C13H20O/c1-4-5-10-13(2,3)11-6-8-12(14)9-7-11/h6-9,14H,4-5,10H2,1-3H3. The molecule has 1 nitrogen and oxygen atoms in total. The van der Waals surface area contributed by atoms with E-state index >= 15 is 0 Å². The first-order valence-electron chi connectivity index (χ1n) is 5.36. The molecule has 0 atom stereocenters. The van der Waals surface area contributed by atoms with E-state index in [4.69, 9.17) is 0 Å². The Labute approximate surface area is 86.8 Å². The fourth-order valence-electron chi connectivity index (χ4n) is 1.68. The van der Waals surface area contributed by atoms with E-state index in [0.717, 1.165) is 0 Å². The Kier molecular flexibility index (Phi) is 3.56. The number of phenolic OH excluding ortho intramolecular Hbond substituents is 1. The molecular weight excluding hydrogens is 172 g/mol. The molecule has 1 heteroatoms. The first-order valence-corrected chi connectivity index (χ1v) is 5.36. The van der Waals surface area contributed by atoms with Crippen molar-refractivity contribution in [3.63, 3.8) is 0 Å². The summed E-state index contributed by atoms with van der Waals surface area (Å²) in [5.74, 6) is 0.347. The molecule has 1 rings (SSSR count). The van der Waals surface area contributed by atoms with Crippen LogP contribution in [0.3, 0.4) is 0 Å². The van der Waals surface area contributed by atoms with Crippen molar-refractivity contribution >= 4 is 0 Å². The zero-order valence-corrected chi connectivity index (χ0v) is 9.38. The smallest absolute Gasteiger partial charge is 0.115 e. The van der Waals surface area contributed by atoms with Crippen molar-refractivity contribution in [2.24, 2.45) is 0 Å². The summed E-state index contributed by atoms with van der Waals surface area (Å²) in [5.41, 5.74) is 1.53. The maximum atomic E-state index is 9.20. The van der Waals surface area contributed by atoms with Gasteiger partial charge in [0, 0.05) is 0 Å². The Bertz CT molecular complexity index is 272. The van der Waals surface area contributed by atoms with Gasteiger partial charge in [-0.2, -0.15) is 0 Å². The van der Waals surface area contributed by atoms with Gasteiger partial charge in [0.2, 0.25) is 0 Å². The number of benzene rings is 1. The monoisotopic (exact) mass is 192 g/mol. The van der Waals surface area contributed by atoms with E-state index in [1.165, 1.54) is 24.8 Å². The summed E-state index contributed by atoms with van der Waals surface area (Å²) in [6.07, 6.45) is 3.70. The lowest BCUT2D eigenvalue weighted by Crippen LogP contribution is -2.16. The maximum absolute atomic E-state index is 9.20. The van der Waals surface area contributed by atoms with Crippen LogP contribution in [-0.2, 0) is 5.41 Å². The van der Waals surface area contributed by atoms with Crippen LogP contribution in [0.15, 0.2) is 24.3 Å². The van der Waals surface area contributed by atoms with E-state index in [1.54, 1.807) is 12.1 Å². The molecule has 14 heavy (non-hydrogen) atoms. The van der Waals surface area contributed by atoms with Crippen LogP contribution in [0.25, 0.3) is 0 Å². The van der Waals surface area contributed by atoms with E-state index < -0.39 is 0 Å². The second kappa shape index (κ2) is 4.50. The lowest BCUT2D eigenvalue weighted by molar-refractivity contribution is 0.453. The molecule has 0 fully saturated rings. The molecule has 1 aromatic rings. The molecule has 0 unspecified atom stereocenters. The summed E-state index contributed by atoms with van der Waals surface area (Å²) in [4.78, 5) is 0. The predicted molar refractivity (Wildman–Crippen MR) is 60.7 cm³/mol. The predicted octanol–water partition coefficient (Wildman–Crippen LogP) is 3.86. The van der Waals surface area contributed by atoms with E-state index in [2.05, 4.69) is 20.8 Å². The highest BCUT2D eigenvalue weighted by molar-refractivity contribution is 5.30. The highest BCUT2D eigenvalue weighted by Gasteiger charge is 2.19. The largest absolute Gasteiger partial charge is 0.508 e. The van der Waals surface area contributed by atoms with Crippen LogP contribution in [0.4, 0.5) is 0 Å². The lowest BCUT2D eigenvalue weighted by Gasteiger charge is -2.25. The Morgan fingerprint density at radius 1 is 1.14 bits per heavy atom. The van der Waals surface area contributed by atoms with Crippen LogP contribution in [0.1, 0.15) is 45.6 Å². The van der Waals surface area contributed by atoms with Gasteiger partial charge in [0.05, 0.1) is 0 Å². The van der Waals surface area contributed by atoms with Crippen molar-refractivity contribution < 1.29 is 5.11 Å². The van der Waals surface area contributed by atoms with Gasteiger partial charge in [-0.25, -0.2) is 0 Å². The van der Waals surface area contributed by atoms with Gasteiger partial charge in [-0.3, -0.25) is 0 Å². The van der Waals surface area contributed by atoms with Crippen molar-refractivity contribution in [2.75, 3.05) is 0 Å². The molecule has 1 N–H and O–H groups in total. The Hall–Kier alpha value is -0.980. The third kappa shape index (κ3) is 2.76. The molecule has 1 aromatic carbocycles. The maximum Gasteiger partial charge on any atom is 0.115 e. The normalized spacial score (nSPS) is 11.6. The number of rotatable bonds is 4. The van der Waals surface area contributed by atoms with Crippen LogP contribution >= 0.6 is 0 Å². The van der Waals surface area contributed by atoms with Gasteiger partial charge in [-0.1, -0.05) is 45.7 Å². The summed E-state index contributed by atoms with van der Waals surface area (Å²) < 4.78 is 0. The summed E-state index contributed by atoms with van der Waals surface area (Å²) in [6.45, 7) is 6.73. The lowest BCUT2D eigenvalue weighted by atomic mass is 9.80. The molecule has 0 spiro atoms. The molecule has 0 saturated carbocycles. The minimum absolute atomic E-state index is 0.226. The third-order valence-corrected chi connectivity index (χ3v) is 2.80.